The van der Waals surface area contributed by atoms with Crippen LogP contribution in [-0.2, 0) is 19.5 Å². The lowest BCUT2D eigenvalue weighted by molar-refractivity contribution is -0.703. The SMILES string of the molecule is CCCn1cc[n+](CCC)c1Cc1ccccc1. The van der Waals surface area contributed by atoms with Crippen LogP contribution in [0.3, 0.4) is 0 Å². The molecule has 2 heteroatoms. The Morgan fingerprint density at radius 3 is 2.50 bits per heavy atom. The molecule has 2 nitrogen and oxygen atoms in total. The van der Waals surface area contributed by atoms with E-state index in [1.54, 1.807) is 0 Å². The van der Waals surface area contributed by atoms with Crippen molar-refractivity contribution in [2.45, 2.75) is 46.2 Å². The molecule has 0 radical (unpaired) electrons. The number of aromatic nitrogens is 2. The summed E-state index contributed by atoms with van der Waals surface area (Å²) in [7, 11) is 0. The van der Waals surface area contributed by atoms with Gasteiger partial charge in [-0.05, 0) is 18.4 Å². The minimum Gasteiger partial charge on any atom is -0.234 e. The molecule has 0 unspecified atom stereocenters. The Morgan fingerprint density at radius 2 is 1.83 bits per heavy atom. The van der Waals surface area contributed by atoms with Gasteiger partial charge < -0.3 is 0 Å². The summed E-state index contributed by atoms with van der Waals surface area (Å²) in [4.78, 5) is 0. The first kappa shape index (κ1) is 12.9. The van der Waals surface area contributed by atoms with Gasteiger partial charge >= 0.3 is 0 Å². The van der Waals surface area contributed by atoms with Crippen molar-refractivity contribution in [2.24, 2.45) is 0 Å². The van der Waals surface area contributed by atoms with Gasteiger partial charge in [-0.3, -0.25) is 0 Å². The number of rotatable bonds is 6. The molecule has 0 aliphatic carbocycles. The van der Waals surface area contributed by atoms with Gasteiger partial charge in [-0.2, -0.15) is 0 Å². The van der Waals surface area contributed by atoms with Crippen LogP contribution in [0.15, 0.2) is 42.7 Å². The van der Waals surface area contributed by atoms with Gasteiger partial charge in [-0.25, -0.2) is 9.13 Å². The molecular formula is C16H23N2+. The Hall–Kier alpha value is -1.57. The average molecular weight is 243 g/mol. The maximum absolute atomic E-state index is 2.39. The second-order valence-corrected chi connectivity index (χ2v) is 4.76. The van der Waals surface area contributed by atoms with E-state index in [1.165, 1.54) is 24.2 Å². The highest BCUT2D eigenvalue weighted by molar-refractivity contribution is 5.18. The highest BCUT2D eigenvalue weighted by Gasteiger charge is 2.16. The fraction of sp³-hybridized carbons (Fsp3) is 0.438. The summed E-state index contributed by atoms with van der Waals surface area (Å²) >= 11 is 0. The minimum atomic E-state index is 1.02. The van der Waals surface area contributed by atoms with E-state index in [-0.39, 0.29) is 0 Å². The predicted molar refractivity (Wildman–Crippen MR) is 74.5 cm³/mol. The van der Waals surface area contributed by atoms with Crippen molar-refractivity contribution in [2.75, 3.05) is 0 Å². The Bertz CT molecular complexity index is 448. The van der Waals surface area contributed by atoms with Gasteiger partial charge in [-0.15, -0.1) is 0 Å². The molecular weight excluding hydrogens is 220 g/mol. The van der Waals surface area contributed by atoms with Crippen LogP contribution in [0.25, 0.3) is 0 Å². The first-order chi connectivity index (χ1) is 8.85. The summed E-state index contributed by atoms with van der Waals surface area (Å²) in [6.07, 6.45) is 7.83. The third-order valence-electron chi connectivity index (χ3n) is 3.22. The highest BCUT2D eigenvalue weighted by atomic mass is 15.1. The summed E-state index contributed by atoms with van der Waals surface area (Å²) in [5.74, 6) is 1.42. The summed E-state index contributed by atoms with van der Waals surface area (Å²) in [5, 5.41) is 0. The Balaban J connectivity index is 2.25. The first-order valence-corrected chi connectivity index (χ1v) is 6.96. The highest BCUT2D eigenvalue weighted by Crippen LogP contribution is 2.07. The molecule has 0 atom stereocenters. The number of benzene rings is 1. The quantitative estimate of drug-likeness (QED) is 0.689. The van der Waals surface area contributed by atoms with Crippen molar-refractivity contribution >= 4 is 0 Å². The number of aryl methyl sites for hydroxylation is 2. The van der Waals surface area contributed by atoms with Gasteiger partial charge in [0.2, 0.25) is 0 Å². The topological polar surface area (TPSA) is 8.81 Å². The van der Waals surface area contributed by atoms with Crippen LogP contribution in [-0.4, -0.2) is 4.57 Å². The Kier molecular flexibility index (Phi) is 4.57. The van der Waals surface area contributed by atoms with E-state index in [0.29, 0.717) is 0 Å². The Morgan fingerprint density at radius 1 is 1.06 bits per heavy atom. The van der Waals surface area contributed by atoms with E-state index in [2.05, 4.69) is 65.7 Å². The van der Waals surface area contributed by atoms with Crippen molar-refractivity contribution in [1.82, 2.24) is 4.57 Å². The molecule has 0 saturated heterocycles. The fourth-order valence-corrected chi connectivity index (χ4v) is 2.37. The Labute approximate surface area is 110 Å². The average Bonchev–Trinajstić information content (AvgIpc) is 2.75. The first-order valence-electron chi connectivity index (χ1n) is 6.96. The van der Waals surface area contributed by atoms with Crippen LogP contribution in [0, 0.1) is 0 Å². The molecule has 0 fully saturated rings. The van der Waals surface area contributed by atoms with E-state index in [0.717, 1.165) is 19.5 Å². The smallest absolute Gasteiger partial charge is 0.234 e. The van der Waals surface area contributed by atoms with E-state index >= 15 is 0 Å². The predicted octanol–water partition coefficient (Wildman–Crippen LogP) is 3.19. The van der Waals surface area contributed by atoms with E-state index in [1.807, 2.05) is 0 Å². The summed E-state index contributed by atoms with van der Waals surface area (Å²) in [5.41, 5.74) is 1.39. The zero-order chi connectivity index (χ0) is 12.8. The number of imidazole rings is 1. The molecule has 1 aromatic carbocycles. The minimum absolute atomic E-state index is 1.02. The zero-order valence-electron chi connectivity index (χ0n) is 11.5. The van der Waals surface area contributed by atoms with Gasteiger partial charge in [0, 0.05) is 0 Å². The van der Waals surface area contributed by atoms with E-state index in [9.17, 15) is 0 Å². The molecule has 0 N–H and O–H groups in total. The molecule has 2 rings (SSSR count). The second-order valence-electron chi connectivity index (χ2n) is 4.76. The molecule has 0 saturated carbocycles. The van der Waals surface area contributed by atoms with Crippen LogP contribution < -0.4 is 4.57 Å². The van der Waals surface area contributed by atoms with Crippen molar-refractivity contribution in [1.29, 1.82) is 0 Å². The monoisotopic (exact) mass is 243 g/mol. The molecule has 0 amide bonds. The van der Waals surface area contributed by atoms with Crippen LogP contribution in [0.5, 0.6) is 0 Å². The van der Waals surface area contributed by atoms with Gasteiger partial charge in [0.05, 0.1) is 19.5 Å². The molecule has 2 aromatic rings. The van der Waals surface area contributed by atoms with Gasteiger partial charge in [-0.1, -0.05) is 44.2 Å². The summed E-state index contributed by atoms with van der Waals surface area (Å²) in [6, 6.07) is 10.7. The summed E-state index contributed by atoms with van der Waals surface area (Å²) < 4.78 is 4.78. The van der Waals surface area contributed by atoms with Crippen LogP contribution in [0.1, 0.15) is 38.1 Å². The molecule has 0 aliphatic heterocycles. The van der Waals surface area contributed by atoms with E-state index < -0.39 is 0 Å². The van der Waals surface area contributed by atoms with Crippen molar-refractivity contribution < 1.29 is 4.57 Å². The zero-order valence-corrected chi connectivity index (χ0v) is 11.5. The molecule has 96 valence electrons. The molecule has 0 bridgehead atoms. The lowest BCUT2D eigenvalue weighted by Crippen LogP contribution is -2.37. The third-order valence-corrected chi connectivity index (χ3v) is 3.22. The van der Waals surface area contributed by atoms with Crippen molar-refractivity contribution in [3.8, 4) is 0 Å². The van der Waals surface area contributed by atoms with Crippen molar-refractivity contribution in [3.05, 3.63) is 54.1 Å². The maximum atomic E-state index is 2.39. The third kappa shape index (κ3) is 3.00. The second kappa shape index (κ2) is 6.39. The molecule has 0 spiro atoms. The number of hydrogen-bond donors (Lipinski definition) is 0. The summed E-state index contributed by atoms with van der Waals surface area (Å²) in [6.45, 7) is 6.69. The van der Waals surface area contributed by atoms with Crippen LogP contribution >= 0.6 is 0 Å². The standard InChI is InChI=1S/C16H23N2/c1-3-10-17-12-13-18(11-4-2)16(17)14-15-8-6-5-7-9-15/h5-9,12-13H,3-4,10-11,14H2,1-2H3/q+1. The lowest BCUT2D eigenvalue weighted by Gasteiger charge is -2.04. The lowest BCUT2D eigenvalue weighted by atomic mass is 10.1. The molecule has 0 aliphatic rings. The molecule has 1 heterocycles. The number of hydrogen-bond acceptors (Lipinski definition) is 0. The van der Waals surface area contributed by atoms with Crippen molar-refractivity contribution in [3.63, 3.8) is 0 Å². The van der Waals surface area contributed by atoms with Crippen LogP contribution in [0.4, 0.5) is 0 Å². The van der Waals surface area contributed by atoms with Gasteiger partial charge in [0.15, 0.2) is 0 Å². The van der Waals surface area contributed by atoms with Gasteiger partial charge in [0.25, 0.3) is 5.82 Å². The number of nitrogens with zero attached hydrogens (tertiary/aromatic N) is 2. The largest absolute Gasteiger partial charge is 0.260 e. The normalized spacial score (nSPS) is 10.8. The van der Waals surface area contributed by atoms with Crippen LogP contribution in [0.2, 0.25) is 0 Å². The molecule has 18 heavy (non-hydrogen) atoms. The van der Waals surface area contributed by atoms with Gasteiger partial charge in [0.1, 0.15) is 12.4 Å². The van der Waals surface area contributed by atoms with E-state index in [4.69, 9.17) is 0 Å². The molecule has 1 aromatic heterocycles. The maximum Gasteiger partial charge on any atom is 0.260 e. The fourth-order valence-electron chi connectivity index (χ4n) is 2.37.